The lowest BCUT2D eigenvalue weighted by atomic mass is 10.3. The molecular formula is C6H12N3O. The van der Waals surface area contributed by atoms with Gasteiger partial charge in [0, 0.05) is 26.6 Å². The van der Waals surface area contributed by atoms with Gasteiger partial charge in [-0.2, -0.15) is 0 Å². The highest BCUT2D eigenvalue weighted by Crippen LogP contribution is 1.83. The van der Waals surface area contributed by atoms with Crippen LogP contribution < -0.4 is 16.0 Å². The Balaban J connectivity index is 2.19. The van der Waals surface area contributed by atoms with Crippen molar-refractivity contribution < 1.29 is 4.79 Å². The monoisotopic (exact) mass is 142 g/mol. The summed E-state index contributed by atoms with van der Waals surface area (Å²) in [6.07, 6.45) is -0.00810. The SMILES string of the molecule is CC(=O)NC1CNCC[N]1. The van der Waals surface area contributed by atoms with Crippen LogP contribution in [0.3, 0.4) is 0 Å². The lowest BCUT2D eigenvalue weighted by Gasteiger charge is -2.22. The van der Waals surface area contributed by atoms with E-state index in [4.69, 9.17) is 0 Å². The number of piperazine rings is 1. The van der Waals surface area contributed by atoms with Gasteiger partial charge in [0.15, 0.2) is 0 Å². The highest BCUT2D eigenvalue weighted by atomic mass is 16.1. The molecule has 10 heavy (non-hydrogen) atoms. The normalized spacial score (nSPS) is 25.9. The van der Waals surface area contributed by atoms with E-state index in [0.717, 1.165) is 19.6 Å². The van der Waals surface area contributed by atoms with Crippen molar-refractivity contribution in [2.45, 2.75) is 13.1 Å². The summed E-state index contributed by atoms with van der Waals surface area (Å²) in [7, 11) is 0. The Morgan fingerprint density at radius 1 is 1.80 bits per heavy atom. The third-order valence-corrected chi connectivity index (χ3v) is 1.35. The highest BCUT2D eigenvalue weighted by molar-refractivity contribution is 5.73. The third-order valence-electron chi connectivity index (χ3n) is 1.35. The van der Waals surface area contributed by atoms with Gasteiger partial charge in [0.1, 0.15) is 6.17 Å². The van der Waals surface area contributed by atoms with Gasteiger partial charge in [0.05, 0.1) is 0 Å². The zero-order valence-electron chi connectivity index (χ0n) is 6.05. The van der Waals surface area contributed by atoms with Crippen LogP contribution in [0.1, 0.15) is 6.92 Å². The van der Waals surface area contributed by atoms with Crippen LogP contribution >= 0.6 is 0 Å². The summed E-state index contributed by atoms with van der Waals surface area (Å²) in [6, 6.07) is 0. The summed E-state index contributed by atoms with van der Waals surface area (Å²) in [5.41, 5.74) is 0. The van der Waals surface area contributed by atoms with E-state index in [-0.39, 0.29) is 12.1 Å². The molecule has 1 rings (SSSR count). The van der Waals surface area contributed by atoms with E-state index < -0.39 is 0 Å². The van der Waals surface area contributed by atoms with Crippen LogP contribution in [0.25, 0.3) is 0 Å². The maximum Gasteiger partial charge on any atom is 0.218 e. The predicted octanol–water partition coefficient (Wildman–Crippen LogP) is -1.34. The molecule has 1 amide bonds. The van der Waals surface area contributed by atoms with Gasteiger partial charge in [0.25, 0.3) is 0 Å². The van der Waals surface area contributed by atoms with E-state index in [2.05, 4.69) is 16.0 Å². The zero-order valence-corrected chi connectivity index (χ0v) is 6.05. The summed E-state index contributed by atoms with van der Waals surface area (Å²) in [6.45, 7) is 3.99. The van der Waals surface area contributed by atoms with Crippen molar-refractivity contribution in [3.8, 4) is 0 Å². The summed E-state index contributed by atoms with van der Waals surface area (Å²) in [5.74, 6) is -0.0162. The number of nitrogens with one attached hydrogen (secondary N) is 2. The quantitative estimate of drug-likeness (QED) is 0.476. The van der Waals surface area contributed by atoms with Gasteiger partial charge < -0.3 is 10.6 Å². The van der Waals surface area contributed by atoms with Crippen molar-refractivity contribution in [2.75, 3.05) is 19.6 Å². The van der Waals surface area contributed by atoms with Gasteiger partial charge in [-0.1, -0.05) is 0 Å². The molecule has 1 aliphatic heterocycles. The van der Waals surface area contributed by atoms with Crippen LogP contribution in [-0.4, -0.2) is 31.7 Å². The standard InChI is InChI=1S/C6H12N3O/c1-5(10)9-6-4-7-2-3-8-6/h6-7H,2-4H2,1H3,(H,9,10). The minimum Gasteiger partial charge on any atom is -0.338 e. The molecule has 2 N–H and O–H groups in total. The summed E-state index contributed by atoms with van der Waals surface area (Å²) in [5, 5.41) is 10.0. The van der Waals surface area contributed by atoms with E-state index in [1.165, 1.54) is 6.92 Å². The van der Waals surface area contributed by atoms with Gasteiger partial charge in [-0.25, -0.2) is 5.32 Å². The van der Waals surface area contributed by atoms with Crippen LogP contribution in [0.15, 0.2) is 0 Å². The summed E-state index contributed by atoms with van der Waals surface area (Å²) in [4.78, 5) is 10.5. The molecule has 1 radical (unpaired) electrons. The Morgan fingerprint density at radius 2 is 2.60 bits per heavy atom. The van der Waals surface area contributed by atoms with Crippen LogP contribution in [-0.2, 0) is 4.79 Å². The molecule has 1 unspecified atom stereocenters. The number of nitrogens with zero attached hydrogens (tertiary/aromatic N) is 1. The van der Waals surface area contributed by atoms with Crippen molar-refractivity contribution >= 4 is 5.91 Å². The molecule has 0 aliphatic carbocycles. The molecule has 1 saturated heterocycles. The van der Waals surface area contributed by atoms with E-state index in [1.54, 1.807) is 0 Å². The second kappa shape index (κ2) is 3.53. The average Bonchev–Trinajstić information content (AvgIpc) is 1.88. The Kier molecular flexibility index (Phi) is 2.65. The Bertz CT molecular complexity index is 120. The van der Waals surface area contributed by atoms with Crippen LogP contribution in [0.2, 0.25) is 0 Å². The number of rotatable bonds is 1. The molecule has 1 aliphatic rings. The molecule has 0 saturated carbocycles. The molecule has 4 nitrogen and oxygen atoms in total. The molecule has 0 bridgehead atoms. The second-order valence-corrected chi connectivity index (χ2v) is 2.33. The van der Waals surface area contributed by atoms with Gasteiger partial charge >= 0.3 is 0 Å². The fourth-order valence-electron chi connectivity index (χ4n) is 0.934. The molecular weight excluding hydrogens is 130 g/mol. The average molecular weight is 142 g/mol. The van der Waals surface area contributed by atoms with Crippen molar-refractivity contribution in [1.29, 1.82) is 0 Å². The molecule has 1 heterocycles. The van der Waals surface area contributed by atoms with Crippen molar-refractivity contribution in [3.63, 3.8) is 0 Å². The van der Waals surface area contributed by atoms with Crippen molar-refractivity contribution in [3.05, 3.63) is 0 Å². The van der Waals surface area contributed by atoms with Crippen molar-refractivity contribution in [1.82, 2.24) is 16.0 Å². The molecule has 0 aromatic carbocycles. The smallest absolute Gasteiger partial charge is 0.218 e. The van der Waals surface area contributed by atoms with Crippen LogP contribution in [0, 0.1) is 0 Å². The lowest BCUT2D eigenvalue weighted by molar-refractivity contribution is -0.119. The molecule has 1 atom stereocenters. The minimum absolute atomic E-state index is 0.00810. The molecule has 0 aromatic heterocycles. The number of carbonyl (C=O) groups is 1. The zero-order chi connectivity index (χ0) is 7.40. The van der Waals surface area contributed by atoms with E-state index in [0.29, 0.717) is 0 Å². The molecule has 57 valence electrons. The van der Waals surface area contributed by atoms with Gasteiger partial charge in [-0.15, -0.1) is 0 Å². The largest absolute Gasteiger partial charge is 0.338 e. The maximum absolute atomic E-state index is 10.5. The molecule has 1 fully saturated rings. The molecule has 0 spiro atoms. The van der Waals surface area contributed by atoms with E-state index >= 15 is 0 Å². The number of amides is 1. The van der Waals surface area contributed by atoms with Gasteiger partial charge in [-0.3, -0.25) is 4.79 Å². The van der Waals surface area contributed by atoms with Gasteiger partial charge in [-0.05, 0) is 0 Å². The van der Waals surface area contributed by atoms with Crippen LogP contribution in [0.4, 0.5) is 0 Å². The van der Waals surface area contributed by atoms with Gasteiger partial charge in [0.2, 0.25) is 5.91 Å². The Labute approximate surface area is 60.4 Å². The first-order valence-corrected chi connectivity index (χ1v) is 3.43. The predicted molar refractivity (Wildman–Crippen MR) is 37.5 cm³/mol. The van der Waals surface area contributed by atoms with Crippen molar-refractivity contribution in [2.24, 2.45) is 0 Å². The van der Waals surface area contributed by atoms with Crippen LogP contribution in [0.5, 0.6) is 0 Å². The van der Waals surface area contributed by atoms with E-state index in [1.807, 2.05) is 0 Å². The first-order chi connectivity index (χ1) is 4.79. The minimum atomic E-state index is -0.0162. The molecule has 4 heteroatoms. The summed E-state index contributed by atoms with van der Waals surface area (Å²) < 4.78 is 0. The number of hydrogen-bond donors (Lipinski definition) is 2. The number of carbonyl (C=O) groups excluding carboxylic acids is 1. The Hall–Kier alpha value is -0.610. The lowest BCUT2D eigenvalue weighted by Crippen LogP contribution is -2.53. The van der Waals surface area contributed by atoms with E-state index in [9.17, 15) is 4.79 Å². The Morgan fingerprint density at radius 3 is 3.10 bits per heavy atom. The third kappa shape index (κ3) is 2.33. The fraction of sp³-hybridized carbons (Fsp3) is 0.833. The first-order valence-electron chi connectivity index (χ1n) is 3.43. The first kappa shape index (κ1) is 7.50. The topological polar surface area (TPSA) is 55.2 Å². The summed E-state index contributed by atoms with van der Waals surface area (Å²) >= 11 is 0. The maximum atomic E-state index is 10.5. The number of hydrogen-bond acceptors (Lipinski definition) is 2. The fourth-order valence-corrected chi connectivity index (χ4v) is 0.934. The highest BCUT2D eigenvalue weighted by Gasteiger charge is 2.12. The molecule has 0 aromatic rings. The second-order valence-electron chi connectivity index (χ2n) is 2.33.